The number of halogens is 2. The molecule has 2 aliphatic heterocycles. The molecule has 0 radical (unpaired) electrons. The number of carbonyl (C=O) groups excluding carboxylic acids is 1. The Morgan fingerprint density at radius 2 is 2.17 bits per heavy atom. The Labute approximate surface area is 105 Å². The van der Waals surface area contributed by atoms with E-state index in [1.54, 1.807) is 4.90 Å². The summed E-state index contributed by atoms with van der Waals surface area (Å²) in [5.41, 5.74) is 3.17. The first-order valence-corrected chi connectivity index (χ1v) is 6.17. The first kappa shape index (κ1) is 13.5. The molecule has 2 rings (SSSR count). The second kappa shape index (κ2) is 5.36. The van der Waals surface area contributed by atoms with E-state index in [4.69, 9.17) is 0 Å². The Morgan fingerprint density at radius 3 is 2.78 bits per heavy atom. The fourth-order valence-electron chi connectivity index (χ4n) is 2.77. The summed E-state index contributed by atoms with van der Waals surface area (Å²) >= 11 is 0. The molecule has 0 aromatic rings. The van der Waals surface area contributed by atoms with Crippen molar-refractivity contribution >= 4 is 6.09 Å². The normalized spacial score (nSPS) is 23.2. The van der Waals surface area contributed by atoms with E-state index in [0.717, 1.165) is 25.9 Å². The minimum absolute atomic E-state index is 0.116. The van der Waals surface area contributed by atoms with Gasteiger partial charge in [0.2, 0.25) is 0 Å². The van der Waals surface area contributed by atoms with Crippen molar-refractivity contribution in [2.45, 2.75) is 19.3 Å². The molecule has 2 saturated heterocycles. The maximum atomic E-state index is 12.0. The predicted molar refractivity (Wildman–Crippen MR) is 61.2 cm³/mol. The quantitative estimate of drug-likeness (QED) is 0.822. The highest BCUT2D eigenvalue weighted by atomic mass is 19.3. The number of hydrogen-bond acceptors (Lipinski definition) is 4. The Morgan fingerprint density at radius 1 is 1.44 bits per heavy atom. The number of nitrogens with zero attached hydrogens (tertiary/aromatic N) is 2. The third-order valence-corrected chi connectivity index (χ3v) is 3.62. The molecule has 0 aromatic carbocycles. The van der Waals surface area contributed by atoms with Crippen molar-refractivity contribution in [2.75, 3.05) is 39.8 Å². The molecule has 1 spiro atoms. The summed E-state index contributed by atoms with van der Waals surface area (Å²) in [4.78, 5) is 13.2. The highest BCUT2D eigenvalue weighted by Gasteiger charge is 2.46. The topological polar surface area (TPSA) is 44.8 Å². The molecule has 0 saturated carbocycles. The van der Waals surface area contributed by atoms with Gasteiger partial charge in [-0.2, -0.15) is 0 Å². The zero-order chi connectivity index (χ0) is 13.2. The SMILES string of the molecule is CNN1CC2(CCCN(C(=O)OCC(F)F)C2)C1. The summed E-state index contributed by atoms with van der Waals surface area (Å²) < 4.78 is 28.5. The predicted octanol–water partition coefficient (Wildman–Crippen LogP) is 0.920. The van der Waals surface area contributed by atoms with Crippen LogP contribution in [0.15, 0.2) is 0 Å². The molecule has 18 heavy (non-hydrogen) atoms. The highest BCUT2D eigenvalue weighted by Crippen LogP contribution is 2.37. The lowest BCUT2D eigenvalue weighted by Crippen LogP contribution is -2.66. The molecule has 7 heteroatoms. The van der Waals surface area contributed by atoms with Crippen LogP contribution in [-0.4, -0.2) is 62.3 Å². The average Bonchev–Trinajstić information content (AvgIpc) is 2.32. The van der Waals surface area contributed by atoms with Crippen LogP contribution in [0, 0.1) is 5.41 Å². The second-order valence-electron chi connectivity index (χ2n) is 5.07. The third-order valence-electron chi connectivity index (χ3n) is 3.62. The molecular weight excluding hydrogens is 244 g/mol. The summed E-state index contributed by atoms with van der Waals surface area (Å²) in [7, 11) is 1.87. The molecule has 2 aliphatic rings. The van der Waals surface area contributed by atoms with Gasteiger partial charge in [0, 0.05) is 31.6 Å². The Bertz CT molecular complexity index is 309. The average molecular weight is 263 g/mol. The van der Waals surface area contributed by atoms with Gasteiger partial charge in [0.05, 0.1) is 0 Å². The molecular formula is C11H19F2N3O2. The van der Waals surface area contributed by atoms with Crippen LogP contribution in [0.1, 0.15) is 12.8 Å². The van der Waals surface area contributed by atoms with Gasteiger partial charge in [0.15, 0.2) is 6.61 Å². The fraction of sp³-hybridized carbons (Fsp3) is 0.909. The summed E-state index contributed by atoms with van der Waals surface area (Å²) in [6.07, 6.45) is -1.24. The summed E-state index contributed by atoms with van der Waals surface area (Å²) in [5, 5.41) is 2.08. The van der Waals surface area contributed by atoms with E-state index in [0.29, 0.717) is 13.1 Å². The van der Waals surface area contributed by atoms with Gasteiger partial charge in [0.1, 0.15) is 0 Å². The number of carbonyl (C=O) groups is 1. The van der Waals surface area contributed by atoms with Crippen LogP contribution in [0.2, 0.25) is 0 Å². The number of ether oxygens (including phenoxy) is 1. The standard InChI is InChI=1S/C11H19F2N3O2/c1-14-16-7-11(8-16)3-2-4-15(6-11)10(17)18-5-9(12)13/h9,14H,2-8H2,1H3. The van der Waals surface area contributed by atoms with E-state index in [1.165, 1.54) is 0 Å². The largest absolute Gasteiger partial charge is 0.443 e. The van der Waals surface area contributed by atoms with Crippen LogP contribution in [0.5, 0.6) is 0 Å². The fourth-order valence-corrected chi connectivity index (χ4v) is 2.77. The van der Waals surface area contributed by atoms with Crippen molar-refractivity contribution in [3.63, 3.8) is 0 Å². The van der Waals surface area contributed by atoms with Crippen LogP contribution < -0.4 is 5.43 Å². The molecule has 104 valence electrons. The van der Waals surface area contributed by atoms with E-state index in [9.17, 15) is 13.6 Å². The molecule has 0 bridgehead atoms. The van der Waals surface area contributed by atoms with Crippen molar-refractivity contribution in [3.05, 3.63) is 0 Å². The molecule has 1 N–H and O–H groups in total. The molecule has 2 heterocycles. The zero-order valence-corrected chi connectivity index (χ0v) is 10.5. The van der Waals surface area contributed by atoms with Crippen LogP contribution in [0.4, 0.5) is 13.6 Å². The molecule has 0 aliphatic carbocycles. The summed E-state index contributed by atoms with van der Waals surface area (Å²) in [6.45, 7) is 2.17. The Kier molecular flexibility index (Phi) is 4.01. The van der Waals surface area contributed by atoms with Gasteiger partial charge in [-0.1, -0.05) is 0 Å². The van der Waals surface area contributed by atoms with Gasteiger partial charge in [-0.3, -0.25) is 5.43 Å². The van der Waals surface area contributed by atoms with Gasteiger partial charge in [-0.15, -0.1) is 0 Å². The second-order valence-corrected chi connectivity index (χ2v) is 5.07. The number of hydrogen-bond donors (Lipinski definition) is 1. The van der Waals surface area contributed by atoms with Crippen LogP contribution in [0.3, 0.4) is 0 Å². The van der Waals surface area contributed by atoms with Crippen molar-refractivity contribution in [2.24, 2.45) is 5.41 Å². The van der Waals surface area contributed by atoms with Gasteiger partial charge in [-0.05, 0) is 19.9 Å². The summed E-state index contributed by atoms with van der Waals surface area (Å²) in [6, 6.07) is 0. The maximum absolute atomic E-state index is 12.0. The van der Waals surface area contributed by atoms with E-state index in [-0.39, 0.29) is 5.41 Å². The van der Waals surface area contributed by atoms with Gasteiger partial charge in [-0.25, -0.2) is 18.6 Å². The lowest BCUT2D eigenvalue weighted by molar-refractivity contribution is -0.0757. The lowest BCUT2D eigenvalue weighted by atomic mass is 9.74. The van der Waals surface area contributed by atoms with Crippen LogP contribution in [0.25, 0.3) is 0 Å². The monoisotopic (exact) mass is 263 g/mol. The molecule has 0 unspecified atom stereocenters. The van der Waals surface area contributed by atoms with E-state index in [2.05, 4.69) is 15.2 Å². The maximum Gasteiger partial charge on any atom is 0.409 e. The number of piperidine rings is 1. The number of hydrazine groups is 1. The smallest absolute Gasteiger partial charge is 0.409 e. The highest BCUT2D eigenvalue weighted by molar-refractivity contribution is 5.67. The van der Waals surface area contributed by atoms with Crippen molar-refractivity contribution in [3.8, 4) is 0 Å². The van der Waals surface area contributed by atoms with Gasteiger partial charge >= 0.3 is 6.09 Å². The number of alkyl halides is 2. The molecule has 5 nitrogen and oxygen atoms in total. The Balaban J connectivity index is 1.82. The molecule has 2 fully saturated rings. The van der Waals surface area contributed by atoms with E-state index >= 15 is 0 Å². The minimum Gasteiger partial charge on any atom is -0.443 e. The van der Waals surface area contributed by atoms with Crippen molar-refractivity contribution < 1.29 is 18.3 Å². The number of amides is 1. The van der Waals surface area contributed by atoms with E-state index in [1.807, 2.05) is 7.05 Å². The first-order chi connectivity index (χ1) is 8.54. The number of rotatable bonds is 3. The van der Waals surface area contributed by atoms with Crippen LogP contribution in [-0.2, 0) is 4.74 Å². The lowest BCUT2D eigenvalue weighted by Gasteiger charge is -2.53. The molecule has 0 aromatic heterocycles. The molecule has 1 amide bonds. The number of likely N-dealkylation sites (tertiary alicyclic amines) is 1. The summed E-state index contributed by atoms with van der Waals surface area (Å²) in [5.74, 6) is 0. The molecule has 0 atom stereocenters. The van der Waals surface area contributed by atoms with E-state index < -0.39 is 19.1 Å². The minimum atomic E-state index is -2.60. The van der Waals surface area contributed by atoms with Crippen molar-refractivity contribution in [1.29, 1.82) is 0 Å². The number of nitrogens with one attached hydrogen (secondary N) is 1. The van der Waals surface area contributed by atoms with Gasteiger partial charge < -0.3 is 9.64 Å². The third kappa shape index (κ3) is 2.89. The van der Waals surface area contributed by atoms with Crippen molar-refractivity contribution in [1.82, 2.24) is 15.3 Å². The first-order valence-electron chi connectivity index (χ1n) is 6.17. The zero-order valence-electron chi connectivity index (χ0n) is 10.5. The van der Waals surface area contributed by atoms with Crippen LogP contribution >= 0.6 is 0 Å². The Hall–Kier alpha value is -0.950. The van der Waals surface area contributed by atoms with Gasteiger partial charge in [0.25, 0.3) is 6.43 Å².